The lowest BCUT2D eigenvalue weighted by Gasteiger charge is -2.08. The van der Waals surface area contributed by atoms with Crippen LogP contribution >= 0.6 is 12.2 Å². The van der Waals surface area contributed by atoms with Gasteiger partial charge in [-0.1, -0.05) is 32.3 Å². The number of hydrogen-bond donors (Lipinski definition) is 3. The minimum Gasteiger partial charge on any atom is -0.494 e. The molecule has 7 nitrogen and oxygen atoms in total. The van der Waals surface area contributed by atoms with Crippen LogP contribution < -0.4 is 11.0 Å². The van der Waals surface area contributed by atoms with E-state index in [1.165, 1.54) is 10.6 Å². The Kier molecular flexibility index (Phi) is 7.96. The van der Waals surface area contributed by atoms with Crippen molar-refractivity contribution in [2.45, 2.75) is 45.6 Å². The molecule has 1 rings (SSSR count). The molecule has 1 heterocycles. The van der Waals surface area contributed by atoms with Gasteiger partial charge in [-0.3, -0.25) is 19.1 Å². The zero-order valence-electron chi connectivity index (χ0n) is 13.2. The van der Waals surface area contributed by atoms with Gasteiger partial charge in [-0.15, -0.1) is 6.58 Å². The lowest BCUT2D eigenvalue weighted by atomic mass is 10.1. The van der Waals surface area contributed by atoms with Crippen molar-refractivity contribution < 1.29 is 9.90 Å². The Hall–Kier alpha value is -2.22. The molecule has 0 aliphatic heterocycles. The van der Waals surface area contributed by atoms with Crippen LogP contribution in [-0.4, -0.2) is 26.8 Å². The van der Waals surface area contributed by atoms with E-state index >= 15 is 0 Å². The van der Waals surface area contributed by atoms with E-state index in [1.54, 1.807) is 0 Å². The fourth-order valence-electron chi connectivity index (χ4n) is 1.93. The third kappa shape index (κ3) is 5.82. The van der Waals surface area contributed by atoms with E-state index in [2.05, 4.69) is 29.0 Å². The number of allylic oxidation sites excluding steroid dienone is 1. The normalized spacial score (nSPS) is 10.8. The summed E-state index contributed by atoms with van der Waals surface area (Å²) in [7, 11) is 0. The first-order chi connectivity index (χ1) is 11.0. The minimum atomic E-state index is -0.575. The fourth-order valence-corrected chi connectivity index (χ4v) is 2.18. The first-order valence-corrected chi connectivity index (χ1v) is 7.91. The number of carbonyl (C=O) groups excluding carboxylic acids is 1. The Morgan fingerprint density at radius 3 is 2.87 bits per heavy atom. The zero-order valence-corrected chi connectivity index (χ0v) is 14.0. The highest BCUT2D eigenvalue weighted by Crippen LogP contribution is 2.11. The third-order valence-corrected chi connectivity index (χ3v) is 3.48. The molecule has 8 heteroatoms. The molecular weight excluding hydrogens is 316 g/mol. The lowest BCUT2D eigenvalue weighted by Crippen LogP contribution is -2.21. The maximum absolute atomic E-state index is 11.8. The molecule has 1 aromatic rings. The van der Waals surface area contributed by atoms with Crippen LogP contribution in [0.3, 0.4) is 0 Å². The predicted molar refractivity (Wildman–Crippen MR) is 92.2 cm³/mol. The highest BCUT2D eigenvalue weighted by molar-refractivity contribution is 7.71. The van der Waals surface area contributed by atoms with Crippen molar-refractivity contribution in [3.05, 3.63) is 33.3 Å². The van der Waals surface area contributed by atoms with Gasteiger partial charge >= 0.3 is 0 Å². The average molecular weight is 338 g/mol. The van der Waals surface area contributed by atoms with Crippen molar-refractivity contribution in [1.29, 1.82) is 0 Å². The molecule has 23 heavy (non-hydrogen) atoms. The number of amides is 1. The summed E-state index contributed by atoms with van der Waals surface area (Å²) in [6, 6.07) is 0. The van der Waals surface area contributed by atoms with Crippen LogP contribution in [0.5, 0.6) is 5.88 Å². The molecule has 0 unspecified atom stereocenters. The second-order valence-electron chi connectivity index (χ2n) is 5.00. The van der Waals surface area contributed by atoms with Crippen LogP contribution in [0.4, 0.5) is 0 Å². The van der Waals surface area contributed by atoms with Crippen LogP contribution in [-0.2, 0) is 11.3 Å². The van der Waals surface area contributed by atoms with Gasteiger partial charge in [-0.2, -0.15) is 5.10 Å². The molecule has 126 valence electrons. The molecule has 0 spiro atoms. The standard InChI is InChI=1S/C15H22N4O3S/c1-3-5-6-7-8-12(20)18-16-10-11-13(21)17-15(23)19(9-4-2)14(11)22/h4,10,22H,2-3,5-9H2,1H3,(H,18,20)(H,17,21,23)/b16-10+. The van der Waals surface area contributed by atoms with Gasteiger partial charge in [0.05, 0.1) is 6.21 Å². The van der Waals surface area contributed by atoms with Crippen molar-refractivity contribution in [3.63, 3.8) is 0 Å². The Morgan fingerprint density at radius 1 is 1.48 bits per heavy atom. The van der Waals surface area contributed by atoms with E-state index in [-0.39, 0.29) is 28.7 Å². The predicted octanol–water partition coefficient (Wildman–Crippen LogP) is 2.22. The van der Waals surface area contributed by atoms with Crippen LogP contribution in [0.2, 0.25) is 0 Å². The molecule has 1 aromatic heterocycles. The number of aromatic amines is 1. The summed E-state index contributed by atoms with van der Waals surface area (Å²) in [5.41, 5.74) is 1.69. The molecular formula is C15H22N4O3S. The van der Waals surface area contributed by atoms with E-state index in [9.17, 15) is 14.7 Å². The van der Waals surface area contributed by atoms with Crippen molar-refractivity contribution in [1.82, 2.24) is 15.0 Å². The summed E-state index contributed by atoms with van der Waals surface area (Å²) in [6.45, 7) is 5.90. The molecule has 0 fully saturated rings. The van der Waals surface area contributed by atoms with Gasteiger partial charge in [-0.05, 0) is 18.6 Å². The SMILES string of the molecule is C=CCn1c(O)c(/C=N/NC(=O)CCCCCC)c(=O)[nH]c1=S. The molecule has 0 atom stereocenters. The largest absolute Gasteiger partial charge is 0.494 e. The molecule has 0 radical (unpaired) electrons. The Labute approximate surface area is 139 Å². The number of nitrogens with zero attached hydrogens (tertiary/aromatic N) is 2. The van der Waals surface area contributed by atoms with Crippen molar-refractivity contribution in [2.75, 3.05) is 0 Å². The van der Waals surface area contributed by atoms with Crippen molar-refractivity contribution in [3.8, 4) is 5.88 Å². The molecule has 0 saturated carbocycles. The average Bonchev–Trinajstić information content (AvgIpc) is 2.51. The minimum absolute atomic E-state index is 0.0771. The van der Waals surface area contributed by atoms with Crippen molar-refractivity contribution >= 4 is 24.3 Å². The fraction of sp³-hybridized carbons (Fsp3) is 0.467. The molecule has 0 saturated heterocycles. The van der Waals surface area contributed by atoms with Gasteiger partial charge in [-0.25, -0.2) is 5.43 Å². The first kappa shape index (κ1) is 18.8. The summed E-state index contributed by atoms with van der Waals surface area (Å²) >= 11 is 4.96. The number of H-pyrrole nitrogens is 1. The number of hydrazone groups is 1. The van der Waals surface area contributed by atoms with Crippen LogP contribution in [0.25, 0.3) is 0 Å². The van der Waals surface area contributed by atoms with Gasteiger partial charge in [0.15, 0.2) is 4.77 Å². The summed E-state index contributed by atoms with van der Waals surface area (Å²) in [4.78, 5) is 25.8. The zero-order chi connectivity index (χ0) is 17.2. The topological polar surface area (TPSA) is 99.5 Å². The van der Waals surface area contributed by atoms with Gasteiger partial charge < -0.3 is 5.11 Å². The quantitative estimate of drug-likeness (QED) is 0.211. The molecule has 0 aromatic carbocycles. The molecule has 0 aliphatic carbocycles. The van der Waals surface area contributed by atoms with E-state index < -0.39 is 5.56 Å². The third-order valence-electron chi connectivity index (χ3n) is 3.16. The number of aromatic nitrogens is 2. The number of unbranched alkanes of at least 4 members (excludes halogenated alkanes) is 3. The number of nitrogens with one attached hydrogen (secondary N) is 2. The molecule has 3 N–H and O–H groups in total. The first-order valence-electron chi connectivity index (χ1n) is 7.50. The molecule has 0 bridgehead atoms. The highest BCUT2D eigenvalue weighted by atomic mass is 32.1. The van der Waals surface area contributed by atoms with Gasteiger partial charge in [0.2, 0.25) is 11.8 Å². The highest BCUT2D eigenvalue weighted by Gasteiger charge is 2.10. The Morgan fingerprint density at radius 2 is 2.22 bits per heavy atom. The maximum Gasteiger partial charge on any atom is 0.264 e. The Balaban J connectivity index is 2.75. The van der Waals surface area contributed by atoms with Crippen LogP contribution in [0.15, 0.2) is 22.6 Å². The number of carbonyl (C=O) groups is 1. The summed E-state index contributed by atoms with van der Waals surface area (Å²) in [5.74, 6) is -0.549. The van der Waals surface area contributed by atoms with E-state index in [0.29, 0.717) is 6.42 Å². The monoisotopic (exact) mass is 338 g/mol. The number of hydrogen-bond acceptors (Lipinski definition) is 5. The summed E-state index contributed by atoms with van der Waals surface area (Å²) in [5, 5.41) is 13.8. The number of rotatable bonds is 9. The number of aromatic hydroxyl groups is 1. The van der Waals surface area contributed by atoms with Crippen LogP contribution in [0, 0.1) is 4.77 Å². The smallest absolute Gasteiger partial charge is 0.264 e. The van der Waals surface area contributed by atoms with E-state index in [4.69, 9.17) is 12.2 Å². The Bertz CT molecular complexity index is 691. The van der Waals surface area contributed by atoms with Crippen LogP contribution in [0.1, 0.15) is 44.6 Å². The molecule has 0 aliphatic rings. The van der Waals surface area contributed by atoms with Gasteiger partial charge in [0.1, 0.15) is 5.56 Å². The van der Waals surface area contributed by atoms with E-state index in [1.807, 2.05) is 0 Å². The van der Waals surface area contributed by atoms with E-state index in [0.717, 1.165) is 31.9 Å². The second kappa shape index (κ2) is 9.73. The lowest BCUT2D eigenvalue weighted by molar-refractivity contribution is -0.121. The molecule has 1 amide bonds. The second-order valence-corrected chi connectivity index (χ2v) is 5.39. The van der Waals surface area contributed by atoms with Gasteiger partial charge in [0, 0.05) is 13.0 Å². The van der Waals surface area contributed by atoms with Gasteiger partial charge in [0.25, 0.3) is 5.56 Å². The summed E-state index contributed by atoms with van der Waals surface area (Å²) in [6.07, 6.45) is 7.00. The van der Waals surface area contributed by atoms with Crippen molar-refractivity contribution in [2.24, 2.45) is 5.10 Å². The summed E-state index contributed by atoms with van der Waals surface area (Å²) < 4.78 is 1.39. The maximum atomic E-state index is 11.8.